The maximum Gasteiger partial charge on any atom is 0.0143 e. The first-order valence-electron chi connectivity index (χ1n) is 3.72. The Kier molecular flexibility index (Phi) is 5.82. The molecule has 0 rings (SSSR count). The normalized spacial score (nSPS) is 15.2. The van der Waals surface area contributed by atoms with Crippen LogP contribution in [0, 0.1) is 17.8 Å². The highest BCUT2D eigenvalue weighted by atomic mass is 79.9. The fraction of sp³-hybridized carbons (Fsp3) is 0.778. The molecule has 0 aliphatic carbocycles. The van der Waals surface area contributed by atoms with Crippen LogP contribution in [0.15, 0.2) is 0 Å². The van der Waals surface area contributed by atoms with E-state index in [0.717, 1.165) is 12.3 Å². The molecule has 2 unspecified atom stereocenters. The zero-order valence-electron chi connectivity index (χ0n) is 6.95. The van der Waals surface area contributed by atoms with Crippen molar-refractivity contribution in [1.82, 2.24) is 0 Å². The standard InChI is InChI=1S/C9H15Br/c1-4-5-6-7-8(2)9(3)10/h8-9H,6-7H2,1-3H3. The predicted octanol–water partition coefficient (Wildman–Crippen LogP) is 3.21. The van der Waals surface area contributed by atoms with Gasteiger partial charge in [0.25, 0.3) is 0 Å². The average molecular weight is 203 g/mol. The van der Waals surface area contributed by atoms with Gasteiger partial charge in [0.1, 0.15) is 0 Å². The molecule has 0 bridgehead atoms. The lowest BCUT2D eigenvalue weighted by molar-refractivity contribution is 0.544. The molecule has 0 heterocycles. The van der Waals surface area contributed by atoms with Crippen LogP contribution < -0.4 is 0 Å². The molecule has 0 aliphatic heterocycles. The molecule has 0 aromatic heterocycles. The first-order chi connectivity index (χ1) is 4.68. The van der Waals surface area contributed by atoms with Crippen molar-refractivity contribution in [3.8, 4) is 11.8 Å². The van der Waals surface area contributed by atoms with Crippen LogP contribution in [0.3, 0.4) is 0 Å². The molecule has 0 nitrogen and oxygen atoms in total. The highest BCUT2D eigenvalue weighted by Gasteiger charge is 2.06. The Balaban J connectivity index is 3.36. The zero-order chi connectivity index (χ0) is 7.98. The van der Waals surface area contributed by atoms with Crippen molar-refractivity contribution in [2.75, 3.05) is 0 Å². The van der Waals surface area contributed by atoms with E-state index in [0.29, 0.717) is 4.83 Å². The van der Waals surface area contributed by atoms with Crippen molar-refractivity contribution in [2.24, 2.45) is 5.92 Å². The Bertz CT molecular complexity index is 127. The summed E-state index contributed by atoms with van der Waals surface area (Å²) in [7, 11) is 0. The van der Waals surface area contributed by atoms with E-state index in [4.69, 9.17) is 0 Å². The number of alkyl halides is 1. The summed E-state index contributed by atoms with van der Waals surface area (Å²) in [5.74, 6) is 6.70. The third kappa shape index (κ3) is 4.88. The summed E-state index contributed by atoms with van der Waals surface area (Å²) in [6, 6.07) is 0. The Morgan fingerprint density at radius 2 is 2.00 bits per heavy atom. The Morgan fingerprint density at radius 3 is 2.40 bits per heavy atom. The van der Waals surface area contributed by atoms with E-state index in [1.54, 1.807) is 0 Å². The molecule has 0 aromatic rings. The van der Waals surface area contributed by atoms with E-state index >= 15 is 0 Å². The number of halogens is 1. The van der Waals surface area contributed by atoms with Gasteiger partial charge in [0.05, 0.1) is 0 Å². The van der Waals surface area contributed by atoms with E-state index in [1.165, 1.54) is 6.42 Å². The van der Waals surface area contributed by atoms with Crippen LogP contribution in [0.5, 0.6) is 0 Å². The molecule has 0 spiro atoms. The van der Waals surface area contributed by atoms with Gasteiger partial charge in [0, 0.05) is 11.2 Å². The summed E-state index contributed by atoms with van der Waals surface area (Å²) in [5, 5.41) is 0. The lowest BCUT2D eigenvalue weighted by Crippen LogP contribution is -2.05. The van der Waals surface area contributed by atoms with Crippen molar-refractivity contribution < 1.29 is 0 Å². The lowest BCUT2D eigenvalue weighted by Gasteiger charge is -2.10. The molecule has 0 radical (unpaired) electrons. The highest BCUT2D eigenvalue weighted by Crippen LogP contribution is 2.16. The van der Waals surface area contributed by atoms with Gasteiger partial charge < -0.3 is 0 Å². The maximum absolute atomic E-state index is 3.54. The van der Waals surface area contributed by atoms with Gasteiger partial charge >= 0.3 is 0 Å². The maximum atomic E-state index is 3.54. The van der Waals surface area contributed by atoms with Crippen molar-refractivity contribution in [2.45, 2.75) is 38.4 Å². The summed E-state index contributed by atoms with van der Waals surface area (Å²) < 4.78 is 0. The van der Waals surface area contributed by atoms with Crippen LogP contribution in [-0.4, -0.2) is 4.83 Å². The molecule has 1 heteroatoms. The van der Waals surface area contributed by atoms with Crippen LogP contribution in [0.25, 0.3) is 0 Å². The fourth-order valence-corrected chi connectivity index (χ4v) is 0.919. The number of hydrogen-bond acceptors (Lipinski definition) is 0. The molecule has 0 saturated carbocycles. The van der Waals surface area contributed by atoms with Crippen molar-refractivity contribution >= 4 is 15.9 Å². The highest BCUT2D eigenvalue weighted by molar-refractivity contribution is 9.09. The van der Waals surface area contributed by atoms with E-state index in [1.807, 2.05) is 6.92 Å². The smallest absolute Gasteiger partial charge is 0.0143 e. The second-order valence-electron chi connectivity index (χ2n) is 2.62. The molecule has 10 heavy (non-hydrogen) atoms. The topological polar surface area (TPSA) is 0 Å². The first-order valence-corrected chi connectivity index (χ1v) is 4.63. The first kappa shape index (κ1) is 10.0. The third-order valence-electron chi connectivity index (χ3n) is 1.69. The number of rotatable bonds is 3. The summed E-state index contributed by atoms with van der Waals surface area (Å²) in [6.45, 7) is 6.32. The molecular weight excluding hydrogens is 188 g/mol. The van der Waals surface area contributed by atoms with E-state index < -0.39 is 0 Å². The molecule has 0 saturated heterocycles. The predicted molar refractivity (Wildman–Crippen MR) is 50.2 cm³/mol. The van der Waals surface area contributed by atoms with E-state index in [9.17, 15) is 0 Å². The summed E-state index contributed by atoms with van der Waals surface area (Å²) in [5.41, 5.74) is 0. The zero-order valence-corrected chi connectivity index (χ0v) is 8.53. The quantitative estimate of drug-likeness (QED) is 0.488. The fourth-order valence-electron chi connectivity index (χ4n) is 0.655. The van der Waals surface area contributed by atoms with Gasteiger partial charge in [0.15, 0.2) is 0 Å². The van der Waals surface area contributed by atoms with Gasteiger partial charge in [0.2, 0.25) is 0 Å². The molecule has 2 atom stereocenters. The van der Waals surface area contributed by atoms with Gasteiger partial charge in [-0.05, 0) is 19.3 Å². The average Bonchev–Trinajstić information content (AvgIpc) is 1.88. The second kappa shape index (κ2) is 5.80. The van der Waals surface area contributed by atoms with Crippen LogP contribution in [0.4, 0.5) is 0 Å². The minimum absolute atomic E-state index is 0.617. The molecule has 0 fully saturated rings. The van der Waals surface area contributed by atoms with Crippen LogP contribution in [-0.2, 0) is 0 Å². The SMILES string of the molecule is CC#CCCC(C)C(C)Br. The third-order valence-corrected chi connectivity index (χ3v) is 2.59. The van der Waals surface area contributed by atoms with Gasteiger partial charge in [-0.3, -0.25) is 0 Å². The van der Waals surface area contributed by atoms with Crippen molar-refractivity contribution in [3.05, 3.63) is 0 Å². The monoisotopic (exact) mass is 202 g/mol. The Hall–Kier alpha value is 0.0400. The van der Waals surface area contributed by atoms with Crippen LogP contribution >= 0.6 is 15.9 Å². The summed E-state index contributed by atoms with van der Waals surface area (Å²) >= 11 is 3.54. The molecule has 0 aromatic carbocycles. The van der Waals surface area contributed by atoms with Gasteiger partial charge in [-0.25, -0.2) is 0 Å². The van der Waals surface area contributed by atoms with Gasteiger partial charge in [-0.15, -0.1) is 11.8 Å². The minimum atomic E-state index is 0.617. The molecule has 0 aliphatic rings. The second-order valence-corrected chi connectivity index (χ2v) is 4.06. The minimum Gasteiger partial charge on any atom is -0.107 e. The van der Waals surface area contributed by atoms with E-state index in [-0.39, 0.29) is 0 Å². The van der Waals surface area contributed by atoms with Crippen LogP contribution in [0.1, 0.15) is 33.6 Å². The lowest BCUT2D eigenvalue weighted by atomic mass is 10.0. The van der Waals surface area contributed by atoms with Crippen molar-refractivity contribution in [3.63, 3.8) is 0 Å². The van der Waals surface area contributed by atoms with Crippen molar-refractivity contribution in [1.29, 1.82) is 0 Å². The van der Waals surface area contributed by atoms with Crippen LogP contribution in [0.2, 0.25) is 0 Å². The largest absolute Gasteiger partial charge is 0.107 e. The van der Waals surface area contributed by atoms with Gasteiger partial charge in [-0.2, -0.15) is 0 Å². The molecule has 0 N–H and O–H groups in total. The molecule has 58 valence electrons. The van der Waals surface area contributed by atoms with E-state index in [2.05, 4.69) is 41.6 Å². The Morgan fingerprint density at radius 1 is 1.40 bits per heavy atom. The number of hydrogen-bond donors (Lipinski definition) is 0. The van der Waals surface area contributed by atoms with Gasteiger partial charge in [-0.1, -0.05) is 29.8 Å². The Labute approximate surface area is 72.5 Å². The summed E-state index contributed by atoms with van der Waals surface area (Å²) in [6.07, 6.45) is 2.24. The summed E-state index contributed by atoms with van der Waals surface area (Å²) in [4.78, 5) is 0.617. The molecular formula is C9H15Br. The molecule has 0 amide bonds.